The van der Waals surface area contributed by atoms with Crippen LogP contribution in [0.1, 0.15) is 0 Å². The molecule has 1 aromatic carbocycles. The molecule has 0 fully saturated rings. The van der Waals surface area contributed by atoms with E-state index in [4.69, 9.17) is 23.2 Å². The lowest BCUT2D eigenvalue weighted by atomic mass is 10.1. The number of fused-ring (bicyclic) bond motifs is 1. The molecule has 0 saturated carbocycles. The number of alkyl halides is 3. The fourth-order valence-electron chi connectivity index (χ4n) is 3.99. The number of nitrogens with zero attached hydrogens (tertiary/aromatic N) is 5. The summed E-state index contributed by atoms with van der Waals surface area (Å²) in [6.45, 7) is 0. The summed E-state index contributed by atoms with van der Waals surface area (Å²) in [7, 11) is -0.772. The van der Waals surface area contributed by atoms with E-state index in [9.17, 15) is 22.8 Å². The van der Waals surface area contributed by atoms with Gasteiger partial charge >= 0.3 is 6.30 Å². The average molecular weight is 561 g/mol. The third kappa shape index (κ3) is 4.78. The molecule has 5 rings (SSSR count). The van der Waals surface area contributed by atoms with Crippen LogP contribution in [0.3, 0.4) is 0 Å². The Morgan fingerprint density at radius 3 is 2.46 bits per heavy atom. The first-order chi connectivity index (χ1) is 17.5. The number of rotatable bonds is 4. The predicted molar refractivity (Wildman–Crippen MR) is 136 cm³/mol. The predicted octanol–water partition coefficient (Wildman–Crippen LogP) is 3.74. The maximum atomic E-state index is 13.8. The molecule has 37 heavy (non-hydrogen) atoms. The minimum Gasteiger partial charge on any atom is -0.424 e. The van der Waals surface area contributed by atoms with E-state index in [1.54, 1.807) is 48.4 Å². The Morgan fingerprint density at radius 2 is 1.78 bits per heavy atom. The molecule has 4 heterocycles. The van der Waals surface area contributed by atoms with Gasteiger partial charge in [-0.25, -0.2) is 19.5 Å². The van der Waals surface area contributed by atoms with Gasteiger partial charge in [-0.2, -0.15) is 0 Å². The van der Waals surface area contributed by atoms with E-state index in [1.807, 2.05) is 0 Å². The van der Waals surface area contributed by atoms with Gasteiger partial charge in [0.1, 0.15) is 5.15 Å². The third-order valence-electron chi connectivity index (χ3n) is 5.59. The summed E-state index contributed by atoms with van der Waals surface area (Å²) in [5.41, 5.74) is -0.483. The Bertz CT molecular complexity index is 1720. The molecule has 0 aliphatic heterocycles. The number of benzene rings is 1. The van der Waals surface area contributed by atoms with Crippen LogP contribution in [0.4, 0.5) is 13.2 Å². The van der Waals surface area contributed by atoms with E-state index in [1.165, 1.54) is 18.2 Å². The first-order valence-corrected chi connectivity index (χ1v) is 12.8. The van der Waals surface area contributed by atoms with Crippen LogP contribution in [0, 0.1) is 0 Å². The number of hydrogen-bond acceptors (Lipinski definition) is 5. The second-order valence-corrected chi connectivity index (χ2v) is 10.7. The quantitative estimate of drug-likeness (QED) is 0.267. The number of aromatic nitrogens is 5. The van der Waals surface area contributed by atoms with Crippen LogP contribution in [-0.2, 0) is 13.3 Å². The second kappa shape index (κ2) is 9.42. The van der Waals surface area contributed by atoms with Crippen molar-refractivity contribution in [2.75, 3.05) is 0 Å². The standard InChI is InChI=1S/C24H15Cl2F3N5O2Si/c1-33-11-19(31-12-33)17-7-13(25)5-6-20(17)37(36)14-8-16-15(18-3-2-4-21(26)32-18)9-22(35)34(24(27,28)29)23(16)30-10-14/h2-12,36H,1H3. The fraction of sp³-hybridized carbons (Fsp3) is 0.0833. The highest BCUT2D eigenvalue weighted by atomic mass is 35.5. The van der Waals surface area contributed by atoms with Crippen LogP contribution in [0.15, 0.2) is 72.0 Å². The first kappa shape index (κ1) is 25.1. The van der Waals surface area contributed by atoms with E-state index in [2.05, 4.69) is 15.0 Å². The Kier molecular flexibility index (Phi) is 6.40. The monoisotopic (exact) mass is 560 g/mol. The molecule has 0 unspecified atom stereocenters. The van der Waals surface area contributed by atoms with Crippen molar-refractivity contribution in [1.29, 1.82) is 0 Å². The van der Waals surface area contributed by atoms with Crippen molar-refractivity contribution < 1.29 is 18.0 Å². The summed E-state index contributed by atoms with van der Waals surface area (Å²) in [4.78, 5) is 36.4. The summed E-state index contributed by atoms with van der Waals surface area (Å²) in [6, 6.07) is 11.8. The highest BCUT2D eigenvalue weighted by Crippen LogP contribution is 2.30. The molecule has 1 N–H and O–H groups in total. The van der Waals surface area contributed by atoms with Crippen LogP contribution < -0.4 is 15.9 Å². The van der Waals surface area contributed by atoms with Crippen molar-refractivity contribution in [3.63, 3.8) is 0 Å². The van der Waals surface area contributed by atoms with Gasteiger partial charge < -0.3 is 9.36 Å². The van der Waals surface area contributed by atoms with E-state index in [0.29, 0.717) is 21.5 Å². The highest BCUT2D eigenvalue weighted by Gasteiger charge is 2.35. The van der Waals surface area contributed by atoms with Gasteiger partial charge in [-0.1, -0.05) is 35.3 Å². The molecule has 1 radical (unpaired) electrons. The average Bonchev–Trinajstić information content (AvgIpc) is 3.28. The molecular weight excluding hydrogens is 546 g/mol. The Hall–Kier alpha value is -3.51. The van der Waals surface area contributed by atoms with Crippen LogP contribution in [-0.4, -0.2) is 37.9 Å². The third-order valence-corrected chi connectivity index (χ3v) is 7.80. The maximum absolute atomic E-state index is 13.8. The molecular formula is C24H15Cl2F3N5O2Si. The molecule has 0 bridgehead atoms. The summed E-state index contributed by atoms with van der Waals surface area (Å²) in [6.07, 6.45) is -0.514. The number of aryl methyl sites for hydroxylation is 1. The van der Waals surface area contributed by atoms with E-state index >= 15 is 0 Å². The lowest BCUT2D eigenvalue weighted by Crippen LogP contribution is -2.44. The Balaban J connectivity index is 1.75. The van der Waals surface area contributed by atoms with Crippen molar-refractivity contribution in [3.05, 3.63) is 87.8 Å². The largest absolute Gasteiger partial charge is 0.493 e. The summed E-state index contributed by atoms with van der Waals surface area (Å²) < 4.78 is 42.8. The minimum absolute atomic E-state index is 0.0194. The molecule has 13 heteroatoms. The van der Waals surface area contributed by atoms with Crippen molar-refractivity contribution in [1.82, 2.24) is 24.1 Å². The van der Waals surface area contributed by atoms with Crippen LogP contribution >= 0.6 is 23.2 Å². The van der Waals surface area contributed by atoms with Crippen molar-refractivity contribution in [2.45, 2.75) is 6.30 Å². The molecule has 0 aliphatic carbocycles. The van der Waals surface area contributed by atoms with Crippen molar-refractivity contribution in [2.24, 2.45) is 7.05 Å². The highest BCUT2D eigenvalue weighted by molar-refractivity contribution is 6.80. The number of pyridine rings is 3. The van der Waals surface area contributed by atoms with Crippen molar-refractivity contribution >= 4 is 53.6 Å². The van der Waals surface area contributed by atoms with Gasteiger partial charge in [0, 0.05) is 47.0 Å². The van der Waals surface area contributed by atoms with Gasteiger partial charge in [-0.15, -0.1) is 13.2 Å². The summed E-state index contributed by atoms with van der Waals surface area (Å²) in [5.74, 6) is 0. The molecule has 4 aromatic heterocycles. The topological polar surface area (TPSA) is 85.8 Å². The molecule has 5 aromatic rings. The van der Waals surface area contributed by atoms with E-state index < -0.39 is 26.5 Å². The zero-order chi connectivity index (χ0) is 26.5. The number of imidazole rings is 1. The molecule has 0 spiro atoms. The number of hydrogen-bond donors (Lipinski definition) is 1. The zero-order valence-corrected chi connectivity index (χ0v) is 21.3. The zero-order valence-electron chi connectivity index (χ0n) is 18.8. The van der Waals surface area contributed by atoms with Gasteiger partial charge in [0.2, 0.25) is 0 Å². The van der Waals surface area contributed by atoms with E-state index in [0.717, 1.165) is 12.3 Å². The molecule has 0 aliphatic rings. The lowest BCUT2D eigenvalue weighted by molar-refractivity contribution is -0.203. The molecule has 0 amide bonds. The summed E-state index contributed by atoms with van der Waals surface area (Å²) in [5, 5.41) is 1.31. The Morgan fingerprint density at radius 1 is 1.00 bits per heavy atom. The van der Waals surface area contributed by atoms with E-state index in [-0.39, 0.29) is 31.6 Å². The van der Waals surface area contributed by atoms with Gasteiger partial charge in [0.25, 0.3) is 14.6 Å². The van der Waals surface area contributed by atoms with Crippen molar-refractivity contribution in [3.8, 4) is 22.5 Å². The van der Waals surface area contributed by atoms with Gasteiger partial charge in [0.15, 0.2) is 5.65 Å². The summed E-state index contributed by atoms with van der Waals surface area (Å²) >= 11 is 12.2. The van der Waals surface area contributed by atoms with Gasteiger partial charge in [0.05, 0.1) is 17.7 Å². The van der Waals surface area contributed by atoms with Crippen LogP contribution in [0.5, 0.6) is 0 Å². The molecule has 7 nitrogen and oxygen atoms in total. The molecule has 0 saturated heterocycles. The lowest BCUT2D eigenvalue weighted by Gasteiger charge is -2.17. The SMILES string of the molecule is Cn1cnc(-c2cc(Cl)ccc2[Si](O)c2cnc3c(c2)c(-c2cccc(Cl)n2)cc(=O)n3C(F)(F)F)c1. The second-order valence-electron chi connectivity index (χ2n) is 8.10. The molecule has 0 atom stereocenters. The fourth-order valence-corrected chi connectivity index (χ4v) is 5.80. The van der Waals surface area contributed by atoms with Gasteiger partial charge in [-0.05, 0) is 40.7 Å². The van der Waals surface area contributed by atoms with Crippen LogP contribution in [0.25, 0.3) is 33.5 Å². The Labute approximate surface area is 219 Å². The smallest absolute Gasteiger partial charge is 0.424 e. The maximum Gasteiger partial charge on any atom is 0.493 e. The van der Waals surface area contributed by atoms with Crippen LogP contribution in [0.2, 0.25) is 10.2 Å². The minimum atomic E-state index is -5.01. The normalized spacial score (nSPS) is 12.0. The van der Waals surface area contributed by atoms with Gasteiger partial charge in [-0.3, -0.25) is 4.79 Å². The number of halogens is 5. The first-order valence-electron chi connectivity index (χ1n) is 10.6. The molecule has 187 valence electrons.